The van der Waals surface area contributed by atoms with Gasteiger partial charge < -0.3 is 5.32 Å². The van der Waals surface area contributed by atoms with Crippen LogP contribution in [-0.4, -0.2) is 21.8 Å². The van der Waals surface area contributed by atoms with E-state index in [1.807, 2.05) is 28.2 Å². The number of imidazole rings is 1. The second-order valence-corrected chi connectivity index (χ2v) is 6.55. The van der Waals surface area contributed by atoms with E-state index in [4.69, 9.17) is 23.2 Å². The summed E-state index contributed by atoms with van der Waals surface area (Å²) in [6.07, 6.45) is 4.75. The summed E-state index contributed by atoms with van der Waals surface area (Å²) in [5.74, 6) is -0.0455. The van der Waals surface area contributed by atoms with Gasteiger partial charge in [-0.25, -0.2) is 4.98 Å². The molecule has 0 unspecified atom stereocenters. The number of nitrogens with one attached hydrogen (secondary N) is 1. The van der Waals surface area contributed by atoms with Gasteiger partial charge in [0.25, 0.3) is 0 Å². The van der Waals surface area contributed by atoms with Crippen molar-refractivity contribution in [3.05, 3.63) is 57.3 Å². The molecule has 0 fully saturated rings. The molecule has 0 bridgehead atoms. The van der Waals surface area contributed by atoms with Crippen LogP contribution in [0.25, 0.3) is 4.96 Å². The van der Waals surface area contributed by atoms with Crippen LogP contribution in [-0.2, 0) is 17.6 Å². The Labute approximate surface area is 141 Å². The fourth-order valence-corrected chi connectivity index (χ4v) is 3.37. The lowest BCUT2D eigenvalue weighted by Gasteiger charge is -2.06. The lowest BCUT2D eigenvalue weighted by Crippen LogP contribution is -2.27. The Kier molecular flexibility index (Phi) is 4.66. The van der Waals surface area contributed by atoms with E-state index in [1.54, 1.807) is 23.5 Å². The molecule has 1 aromatic carbocycles. The van der Waals surface area contributed by atoms with Crippen LogP contribution in [0.3, 0.4) is 0 Å². The average molecular weight is 354 g/mol. The molecule has 1 amide bonds. The van der Waals surface area contributed by atoms with Crippen molar-refractivity contribution in [3.8, 4) is 0 Å². The number of rotatable bonds is 5. The molecule has 2 aromatic heterocycles. The highest BCUT2D eigenvalue weighted by molar-refractivity contribution is 7.15. The van der Waals surface area contributed by atoms with Crippen molar-refractivity contribution in [1.82, 2.24) is 14.7 Å². The molecule has 0 aliphatic rings. The minimum atomic E-state index is -0.0455. The number of halogens is 2. The number of benzene rings is 1. The number of hydrogen-bond acceptors (Lipinski definition) is 3. The van der Waals surface area contributed by atoms with Crippen molar-refractivity contribution in [2.75, 3.05) is 6.54 Å². The zero-order valence-corrected chi connectivity index (χ0v) is 13.9. The number of nitrogens with zero attached hydrogens (tertiary/aromatic N) is 2. The summed E-state index contributed by atoms with van der Waals surface area (Å²) >= 11 is 13.5. The first-order valence-corrected chi connectivity index (χ1v) is 8.37. The van der Waals surface area contributed by atoms with Gasteiger partial charge in [0.05, 0.1) is 12.1 Å². The number of aromatic nitrogens is 2. The highest BCUT2D eigenvalue weighted by Crippen LogP contribution is 2.21. The maximum atomic E-state index is 11.9. The summed E-state index contributed by atoms with van der Waals surface area (Å²) in [6, 6.07) is 5.38. The third-order valence-electron chi connectivity index (χ3n) is 3.22. The van der Waals surface area contributed by atoms with E-state index in [0.29, 0.717) is 23.0 Å². The second-order valence-electron chi connectivity index (χ2n) is 4.84. The molecule has 3 rings (SSSR count). The van der Waals surface area contributed by atoms with Crippen molar-refractivity contribution >= 4 is 45.4 Å². The Morgan fingerprint density at radius 1 is 1.36 bits per heavy atom. The predicted octanol–water partition coefficient (Wildman–Crippen LogP) is 3.60. The normalized spacial score (nSPS) is 11.0. The van der Waals surface area contributed by atoms with E-state index in [-0.39, 0.29) is 12.3 Å². The monoisotopic (exact) mass is 353 g/mol. The average Bonchev–Trinajstić information content (AvgIpc) is 3.02. The molecule has 3 aromatic rings. The molecule has 0 saturated carbocycles. The lowest BCUT2D eigenvalue weighted by molar-refractivity contribution is -0.120. The Morgan fingerprint density at radius 2 is 2.23 bits per heavy atom. The SMILES string of the molecule is O=C(Cc1cn2ccsc2n1)NCCc1ccc(Cl)cc1Cl. The summed E-state index contributed by atoms with van der Waals surface area (Å²) in [6.45, 7) is 0.530. The van der Waals surface area contributed by atoms with E-state index in [1.165, 1.54) is 0 Å². The molecule has 0 atom stereocenters. The number of thiazole rings is 1. The zero-order chi connectivity index (χ0) is 15.5. The van der Waals surface area contributed by atoms with E-state index < -0.39 is 0 Å². The smallest absolute Gasteiger partial charge is 0.226 e. The van der Waals surface area contributed by atoms with Crippen molar-refractivity contribution in [2.24, 2.45) is 0 Å². The maximum absolute atomic E-state index is 11.9. The zero-order valence-electron chi connectivity index (χ0n) is 11.6. The van der Waals surface area contributed by atoms with Crippen molar-refractivity contribution in [2.45, 2.75) is 12.8 Å². The van der Waals surface area contributed by atoms with Crippen LogP contribution in [0.2, 0.25) is 10.0 Å². The van der Waals surface area contributed by atoms with Crippen LogP contribution in [0.15, 0.2) is 36.0 Å². The topological polar surface area (TPSA) is 46.4 Å². The van der Waals surface area contributed by atoms with Gasteiger partial charge in [-0.1, -0.05) is 29.3 Å². The molecule has 0 aliphatic heterocycles. The minimum Gasteiger partial charge on any atom is -0.355 e. The van der Waals surface area contributed by atoms with Gasteiger partial charge in [-0.15, -0.1) is 11.3 Å². The highest BCUT2D eigenvalue weighted by atomic mass is 35.5. The fourth-order valence-electron chi connectivity index (χ4n) is 2.15. The Hall–Kier alpha value is -1.56. The molecule has 2 heterocycles. The summed E-state index contributed by atoms with van der Waals surface area (Å²) in [7, 11) is 0. The van der Waals surface area contributed by atoms with Gasteiger partial charge in [0.1, 0.15) is 0 Å². The van der Waals surface area contributed by atoms with Gasteiger partial charge in [-0.2, -0.15) is 0 Å². The molecule has 22 heavy (non-hydrogen) atoms. The molecule has 4 nitrogen and oxygen atoms in total. The van der Waals surface area contributed by atoms with Crippen LogP contribution in [0.1, 0.15) is 11.3 Å². The highest BCUT2D eigenvalue weighted by Gasteiger charge is 2.08. The van der Waals surface area contributed by atoms with Crippen molar-refractivity contribution in [3.63, 3.8) is 0 Å². The number of fused-ring (bicyclic) bond motifs is 1. The number of carbonyl (C=O) groups is 1. The fraction of sp³-hybridized carbons (Fsp3) is 0.200. The largest absolute Gasteiger partial charge is 0.355 e. The van der Waals surface area contributed by atoms with E-state index in [0.717, 1.165) is 16.2 Å². The third kappa shape index (κ3) is 3.61. The van der Waals surface area contributed by atoms with Crippen LogP contribution in [0, 0.1) is 0 Å². The Bertz CT molecular complexity index is 784. The van der Waals surface area contributed by atoms with Crippen LogP contribution >= 0.6 is 34.5 Å². The predicted molar refractivity (Wildman–Crippen MR) is 89.9 cm³/mol. The number of hydrogen-bond donors (Lipinski definition) is 1. The summed E-state index contributed by atoms with van der Waals surface area (Å²) in [5, 5.41) is 6.07. The molecule has 0 spiro atoms. The first kappa shape index (κ1) is 15.3. The Balaban J connectivity index is 1.50. The number of carbonyl (C=O) groups excluding carboxylic acids is 1. The first-order chi connectivity index (χ1) is 10.6. The molecule has 0 aliphatic carbocycles. The Morgan fingerprint density at radius 3 is 3.00 bits per heavy atom. The van der Waals surface area contributed by atoms with Gasteiger partial charge in [0, 0.05) is 34.4 Å². The molecular weight excluding hydrogens is 341 g/mol. The van der Waals surface area contributed by atoms with Gasteiger partial charge in [0.2, 0.25) is 5.91 Å². The molecule has 7 heteroatoms. The van der Waals surface area contributed by atoms with Crippen molar-refractivity contribution in [1.29, 1.82) is 0 Å². The summed E-state index contributed by atoms with van der Waals surface area (Å²) < 4.78 is 1.92. The van der Waals surface area contributed by atoms with E-state index in [9.17, 15) is 4.79 Å². The second kappa shape index (κ2) is 6.69. The van der Waals surface area contributed by atoms with Gasteiger partial charge >= 0.3 is 0 Å². The van der Waals surface area contributed by atoms with Crippen molar-refractivity contribution < 1.29 is 4.79 Å². The van der Waals surface area contributed by atoms with Gasteiger partial charge in [0.15, 0.2) is 4.96 Å². The van der Waals surface area contributed by atoms with Crippen LogP contribution < -0.4 is 5.32 Å². The summed E-state index contributed by atoms with van der Waals surface area (Å²) in [5.41, 5.74) is 1.74. The standard InChI is InChI=1S/C15H13Cl2N3OS/c16-11-2-1-10(13(17)7-11)3-4-18-14(21)8-12-9-20-5-6-22-15(20)19-12/h1-2,5-7,9H,3-4,8H2,(H,18,21). The quantitative estimate of drug-likeness (QED) is 0.761. The molecule has 0 radical (unpaired) electrons. The number of amides is 1. The molecule has 1 N–H and O–H groups in total. The van der Waals surface area contributed by atoms with Gasteiger partial charge in [-0.05, 0) is 24.1 Å². The summed E-state index contributed by atoms with van der Waals surface area (Å²) in [4.78, 5) is 17.2. The van der Waals surface area contributed by atoms with E-state index >= 15 is 0 Å². The van der Waals surface area contributed by atoms with Crippen LogP contribution in [0.4, 0.5) is 0 Å². The molecular formula is C15H13Cl2N3OS. The third-order valence-corrected chi connectivity index (χ3v) is 4.57. The molecule has 0 saturated heterocycles. The van der Waals surface area contributed by atoms with Gasteiger partial charge in [-0.3, -0.25) is 9.20 Å². The first-order valence-electron chi connectivity index (χ1n) is 6.73. The lowest BCUT2D eigenvalue weighted by atomic mass is 10.1. The minimum absolute atomic E-state index is 0.0455. The van der Waals surface area contributed by atoms with E-state index in [2.05, 4.69) is 10.3 Å². The molecule has 114 valence electrons. The van der Waals surface area contributed by atoms with Crippen LogP contribution in [0.5, 0.6) is 0 Å². The maximum Gasteiger partial charge on any atom is 0.226 e.